The summed E-state index contributed by atoms with van der Waals surface area (Å²) in [4.78, 5) is 26.0. The number of hydrogen-bond acceptors (Lipinski definition) is 4. The first-order valence-electron chi connectivity index (χ1n) is 5.26. The van der Waals surface area contributed by atoms with Crippen LogP contribution in [0, 0.1) is 0 Å². The molecule has 0 aliphatic rings. The lowest BCUT2D eigenvalue weighted by Crippen LogP contribution is -2.25. The summed E-state index contributed by atoms with van der Waals surface area (Å²) in [5.74, 6) is -0.399. The molecule has 0 spiro atoms. The van der Waals surface area contributed by atoms with Crippen molar-refractivity contribution in [3.63, 3.8) is 0 Å². The molecule has 1 aromatic rings. The quantitative estimate of drug-likeness (QED) is 0.599. The fraction of sp³-hybridized carbons (Fsp3) is 0.250. The van der Waals surface area contributed by atoms with Crippen LogP contribution in [0.25, 0.3) is 6.08 Å². The molecular weight excluding hydrogens is 252 g/mol. The zero-order chi connectivity index (χ0) is 13.4. The third kappa shape index (κ3) is 5.01. The summed E-state index contributed by atoms with van der Waals surface area (Å²) in [5.41, 5.74) is 0.999. The fourth-order valence-corrected chi connectivity index (χ4v) is 1.52. The molecule has 0 unspecified atom stereocenters. The Morgan fingerprint density at radius 2 is 2.28 bits per heavy atom. The van der Waals surface area contributed by atoms with Crippen LogP contribution in [0.1, 0.15) is 15.9 Å². The molecule has 0 bridgehead atoms. The average molecular weight is 266 g/mol. The molecule has 18 heavy (non-hydrogen) atoms. The number of aliphatic carboxylic acids is 1. The van der Waals surface area contributed by atoms with E-state index in [-0.39, 0.29) is 5.91 Å². The van der Waals surface area contributed by atoms with Crippen molar-refractivity contribution < 1.29 is 14.7 Å². The van der Waals surface area contributed by atoms with Crippen LogP contribution in [-0.2, 0) is 4.79 Å². The van der Waals surface area contributed by atoms with E-state index in [2.05, 4.69) is 10.3 Å². The maximum Gasteiger partial charge on any atom is 0.328 e. The molecule has 5 nitrogen and oxygen atoms in total. The number of nitrogens with one attached hydrogen (secondary N) is 1. The number of thioether (sulfide) groups is 1. The minimum Gasteiger partial charge on any atom is -0.478 e. The first-order valence-corrected chi connectivity index (χ1v) is 6.66. The van der Waals surface area contributed by atoms with Crippen molar-refractivity contribution in [1.29, 1.82) is 0 Å². The Hall–Kier alpha value is -1.82. The van der Waals surface area contributed by atoms with Crippen LogP contribution in [0.3, 0.4) is 0 Å². The number of rotatable bonds is 6. The van der Waals surface area contributed by atoms with Crippen LogP contribution in [0.5, 0.6) is 0 Å². The van der Waals surface area contributed by atoms with Gasteiger partial charge >= 0.3 is 5.97 Å². The molecule has 1 aromatic heterocycles. The molecule has 0 aromatic carbocycles. The lowest BCUT2D eigenvalue weighted by molar-refractivity contribution is -0.131. The molecular formula is C12H14N2O3S. The van der Waals surface area contributed by atoms with Crippen molar-refractivity contribution in [3.05, 3.63) is 35.7 Å². The third-order valence-corrected chi connectivity index (χ3v) is 2.64. The monoisotopic (exact) mass is 266 g/mol. The van der Waals surface area contributed by atoms with Gasteiger partial charge in [-0.15, -0.1) is 0 Å². The van der Waals surface area contributed by atoms with Crippen molar-refractivity contribution >= 4 is 29.7 Å². The Bertz CT molecular complexity index is 460. The molecule has 0 radical (unpaired) electrons. The molecule has 0 aliphatic carbocycles. The highest BCUT2D eigenvalue weighted by atomic mass is 32.2. The zero-order valence-electron chi connectivity index (χ0n) is 9.92. The van der Waals surface area contributed by atoms with Gasteiger partial charge < -0.3 is 10.4 Å². The summed E-state index contributed by atoms with van der Waals surface area (Å²) in [7, 11) is 0. The van der Waals surface area contributed by atoms with E-state index in [4.69, 9.17) is 5.11 Å². The molecule has 0 atom stereocenters. The van der Waals surface area contributed by atoms with Gasteiger partial charge in [0, 0.05) is 30.8 Å². The molecule has 1 heterocycles. The first kappa shape index (κ1) is 14.2. The molecule has 1 rings (SSSR count). The molecule has 0 aliphatic heterocycles. The van der Waals surface area contributed by atoms with Crippen LogP contribution in [0.2, 0.25) is 0 Å². The maximum atomic E-state index is 11.7. The highest BCUT2D eigenvalue weighted by molar-refractivity contribution is 7.98. The van der Waals surface area contributed by atoms with E-state index in [1.807, 2.05) is 6.26 Å². The van der Waals surface area contributed by atoms with Crippen LogP contribution < -0.4 is 5.32 Å². The molecule has 0 fully saturated rings. The number of nitrogens with zero attached hydrogens (tertiary/aromatic N) is 1. The number of pyridine rings is 1. The van der Waals surface area contributed by atoms with Gasteiger partial charge in [-0.3, -0.25) is 9.78 Å². The standard InChI is InChI=1S/C12H14N2O3S/c1-18-5-4-14-12(17)10-6-9(7-13-8-10)2-3-11(15)16/h2-3,6-8H,4-5H2,1H3,(H,14,17)(H,15,16). The second-order valence-corrected chi connectivity index (χ2v) is 4.41. The summed E-state index contributed by atoms with van der Waals surface area (Å²) in [6.07, 6.45) is 7.32. The fourth-order valence-electron chi connectivity index (χ4n) is 1.21. The van der Waals surface area contributed by atoms with Crippen molar-refractivity contribution in [3.8, 4) is 0 Å². The molecule has 96 valence electrons. The van der Waals surface area contributed by atoms with Gasteiger partial charge in [0.15, 0.2) is 0 Å². The summed E-state index contributed by atoms with van der Waals surface area (Å²) >= 11 is 1.65. The first-order chi connectivity index (χ1) is 8.63. The molecule has 1 amide bonds. The Kier molecular flexibility index (Phi) is 5.93. The minimum atomic E-state index is -1.04. The predicted molar refractivity (Wildman–Crippen MR) is 71.6 cm³/mol. The van der Waals surface area contributed by atoms with Crippen molar-refractivity contribution in [2.75, 3.05) is 18.6 Å². The number of carbonyl (C=O) groups is 2. The average Bonchev–Trinajstić information content (AvgIpc) is 2.37. The van der Waals surface area contributed by atoms with Gasteiger partial charge in [-0.05, 0) is 24.0 Å². The van der Waals surface area contributed by atoms with Gasteiger partial charge in [-0.25, -0.2) is 4.79 Å². The van der Waals surface area contributed by atoms with Gasteiger partial charge in [0.25, 0.3) is 5.91 Å². The van der Waals surface area contributed by atoms with Gasteiger partial charge in [0.2, 0.25) is 0 Å². The van der Waals surface area contributed by atoms with E-state index in [9.17, 15) is 9.59 Å². The van der Waals surface area contributed by atoms with Crippen LogP contribution in [0.15, 0.2) is 24.5 Å². The van der Waals surface area contributed by atoms with Crippen molar-refractivity contribution in [2.24, 2.45) is 0 Å². The number of carbonyl (C=O) groups excluding carboxylic acids is 1. The lowest BCUT2D eigenvalue weighted by Gasteiger charge is -2.04. The topological polar surface area (TPSA) is 79.3 Å². The van der Waals surface area contributed by atoms with Crippen molar-refractivity contribution in [2.45, 2.75) is 0 Å². The van der Waals surface area contributed by atoms with E-state index >= 15 is 0 Å². The van der Waals surface area contributed by atoms with Crippen LogP contribution >= 0.6 is 11.8 Å². The van der Waals surface area contributed by atoms with Crippen LogP contribution in [0.4, 0.5) is 0 Å². The number of aromatic nitrogens is 1. The summed E-state index contributed by atoms with van der Waals surface area (Å²) < 4.78 is 0. The van der Waals surface area contributed by atoms with E-state index in [1.54, 1.807) is 17.8 Å². The summed E-state index contributed by atoms with van der Waals surface area (Å²) in [6.45, 7) is 0.592. The van der Waals surface area contributed by atoms with Gasteiger partial charge in [-0.2, -0.15) is 11.8 Å². The Labute approximate surface area is 109 Å². The second kappa shape index (κ2) is 7.50. The normalized spacial score (nSPS) is 10.5. The smallest absolute Gasteiger partial charge is 0.328 e. The van der Waals surface area contributed by atoms with Gasteiger partial charge in [0.05, 0.1) is 5.56 Å². The van der Waals surface area contributed by atoms with Gasteiger partial charge in [-0.1, -0.05) is 0 Å². The van der Waals surface area contributed by atoms with Gasteiger partial charge in [0.1, 0.15) is 0 Å². The SMILES string of the molecule is CSCCNC(=O)c1cncc(C=CC(=O)O)c1. The molecule has 6 heteroatoms. The number of hydrogen-bond donors (Lipinski definition) is 2. The second-order valence-electron chi connectivity index (χ2n) is 3.43. The van der Waals surface area contributed by atoms with Crippen LogP contribution in [-0.4, -0.2) is 40.5 Å². The van der Waals surface area contributed by atoms with Crippen molar-refractivity contribution in [1.82, 2.24) is 10.3 Å². The highest BCUT2D eigenvalue weighted by Gasteiger charge is 2.05. The van der Waals surface area contributed by atoms with E-state index in [0.29, 0.717) is 17.7 Å². The Morgan fingerprint density at radius 1 is 1.50 bits per heavy atom. The molecule has 2 N–H and O–H groups in total. The molecule has 0 saturated heterocycles. The van der Waals surface area contributed by atoms with E-state index in [0.717, 1.165) is 11.8 Å². The van der Waals surface area contributed by atoms with E-state index in [1.165, 1.54) is 18.5 Å². The summed E-state index contributed by atoms with van der Waals surface area (Å²) in [5, 5.41) is 11.3. The number of carboxylic acids is 1. The predicted octanol–water partition coefficient (Wildman–Crippen LogP) is 1.27. The summed E-state index contributed by atoms with van der Waals surface area (Å²) in [6, 6.07) is 1.60. The molecule has 0 saturated carbocycles. The lowest BCUT2D eigenvalue weighted by atomic mass is 10.2. The maximum absolute atomic E-state index is 11.7. The number of carboxylic acid groups (broad SMARTS) is 1. The number of amides is 1. The zero-order valence-corrected chi connectivity index (χ0v) is 10.7. The highest BCUT2D eigenvalue weighted by Crippen LogP contribution is 2.05. The minimum absolute atomic E-state index is 0.206. The Morgan fingerprint density at radius 3 is 2.94 bits per heavy atom. The van der Waals surface area contributed by atoms with E-state index < -0.39 is 5.97 Å². The third-order valence-electron chi connectivity index (χ3n) is 2.03. The Balaban J connectivity index is 2.69. The largest absolute Gasteiger partial charge is 0.478 e.